The first-order valence-corrected chi connectivity index (χ1v) is 29.2. The Morgan fingerprint density at radius 2 is 0.577 bits per heavy atom. The summed E-state index contributed by atoms with van der Waals surface area (Å²) in [5.74, 6) is 0. The summed E-state index contributed by atoms with van der Waals surface area (Å²) in [7, 11) is 0. The van der Waals surface area contributed by atoms with Gasteiger partial charge in [0.25, 0.3) is 0 Å². The molecule has 0 bridgehead atoms. The van der Waals surface area contributed by atoms with Gasteiger partial charge in [-0.15, -0.1) is 0 Å². The van der Waals surface area contributed by atoms with E-state index in [2.05, 4.69) is 303 Å². The van der Waals surface area contributed by atoms with Crippen LogP contribution < -0.4 is 9.80 Å². The van der Waals surface area contributed by atoms with Crippen LogP contribution in [0.3, 0.4) is 0 Å². The molecule has 0 saturated carbocycles. The highest BCUT2D eigenvalue weighted by molar-refractivity contribution is 5.88. The summed E-state index contributed by atoms with van der Waals surface area (Å²) < 4.78 is 0. The normalized spacial score (nSPS) is 14.5. The molecule has 0 unspecified atom stereocenters. The second-order valence-corrected chi connectivity index (χ2v) is 26.9. The summed E-state index contributed by atoms with van der Waals surface area (Å²) in [5.41, 5.74) is 25.9. The van der Waals surface area contributed by atoms with Gasteiger partial charge in [-0.2, -0.15) is 0 Å². The predicted molar refractivity (Wildman–Crippen MR) is 340 cm³/mol. The Hall–Kier alpha value is -6.90. The fourth-order valence-electron chi connectivity index (χ4n) is 13.0. The summed E-state index contributed by atoms with van der Waals surface area (Å²) in [6.45, 7) is 37.5. The van der Waals surface area contributed by atoms with Crippen molar-refractivity contribution in [2.45, 2.75) is 169 Å². The van der Waals surface area contributed by atoms with E-state index in [0.29, 0.717) is 0 Å². The molecule has 0 saturated heterocycles. The molecule has 0 N–H and O–H groups in total. The average Bonchev–Trinajstić information content (AvgIpc) is 3.91. The zero-order valence-electron chi connectivity index (χ0n) is 50.0. The highest BCUT2D eigenvalue weighted by Gasteiger charge is 2.42. The minimum atomic E-state index is -0.0269. The summed E-state index contributed by atoms with van der Waals surface area (Å²) in [6, 6.07) is 65.7. The molecule has 8 aromatic rings. The van der Waals surface area contributed by atoms with Crippen LogP contribution in [0.4, 0.5) is 34.1 Å². The fourth-order valence-corrected chi connectivity index (χ4v) is 13.0. The van der Waals surface area contributed by atoms with Crippen molar-refractivity contribution in [2.24, 2.45) is 0 Å². The third-order valence-electron chi connectivity index (χ3n) is 18.0. The van der Waals surface area contributed by atoms with Gasteiger partial charge in [-0.1, -0.05) is 220 Å². The summed E-state index contributed by atoms with van der Waals surface area (Å²) >= 11 is 0. The van der Waals surface area contributed by atoms with Crippen LogP contribution in [0.2, 0.25) is 0 Å². The minimum Gasteiger partial charge on any atom is -0.310 e. The second-order valence-electron chi connectivity index (χ2n) is 26.9. The lowest BCUT2D eigenvalue weighted by Gasteiger charge is -2.33. The molecule has 10 rings (SSSR count). The zero-order chi connectivity index (χ0) is 55.7. The molecule has 2 heteroatoms. The lowest BCUT2D eigenvalue weighted by Crippen LogP contribution is -2.23. The molecule has 0 amide bonds. The second kappa shape index (κ2) is 20.1. The van der Waals surface area contributed by atoms with Gasteiger partial charge in [-0.3, -0.25) is 0 Å². The maximum absolute atomic E-state index is 2.51. The quantitative estimate of drug-likeness (QED) is 0.113. The van der Waals surface area contributed by atoms with E-state index in [0.717, 1.165) is 48.2 Å². The fraction of sp³-hybridized carbons (Fsp3) is 0.342. The molecule has 0 atom stereocenters. The highest BCUT2D eigenvalue weighted by Crippen LogP contribution is 2.56. The Morgan fingerprint density at radius 1 is 0.295 bits per heavy atom. The van der Waals surface area contributed by atoms with Crippen molar-refractivity contribution in [3.63, 3.8) is 0 Å². The molecule has 8 aromatic carbocycles. The number of anilines is 6. The van der Waals surface area contributed by atoms with Gasteiger partial charge >= 0.3 is 0 Å². The van der Waals surface area contributed by atoms with Gasteiger partial charge in [-0.25, -0.2) is 0 Å². The third-order valence-corrected chi connectivity index (χ3v) is 18.0. The van der Waals surface area contributed by atoms with Gasteiger partial charge in [0.05, 0.1) is 0 Å². The summed E-state index contributed by atoms with van der Waals surface area (Å²) in [5, 5.41) is 0. The number of hydrogen-bond donors (Lipinski definition) is 0. The average molecular weight is 1030 g/mol. The molecular formula is C76H86N2. The Morgan fingerprint density at radius 3 is 0.872 bits per heavy atom. The Labute approximate surface area is 470 Å². The highest BCUT2D eigenvalue weighted by atomic mass is 15.1. The predicted octanol–water partition coefficient (Wildman–Crippen LogP) is 22.2. The smallest absolute Gasteiger partial charge is 0.0467 e. The maximum atomic E-state index is 2.51. The van der Waals surface area contributed by atoms with Crippen molar-refractivity contribution in [2.75, 3.05) is 9.80 Å². The lowest BCUT2D eigenvalue weighted by atomic mass is 9.74. The summed E-state index contributed by atoms with van der Waals surface area (Å²) in [4.78, 5) is 5.02. The van der Waals surface area contributed by atoms with Crippen molar-refractivity contribution < 1.29 is 0 Å². The lowest BCUT2D eigenvalue weighted by molar-refractivity contribution is 0.490. The van der Waals surface area contributed by atoms with Gasteiger partial charge in [0.2, 0.25) is 0 Å². The molecule has 0 aliphatic heterocycles. The molecule has 2 aliphatic rings. The van der Waals surface area contributed by atoms with E-state index in [1.165, 1.54) is 89.5 Å². The third kappa shape index (κ3) is 9.66. The standard InChI is InChI=1S/C76H86N2/c1-17-75(18-2)67-27-23-21-25-63(67)65-41-39-59(49-69(65)75)77(61-45-53(71(5,6)7)43-54(46-61)72(8,9)10)57-35-31-51(32-36-57)29-30-52-33-37-58(38-34-52)78(62-47-55(73(11,12)13)44-56(48-62)74(14,15)16)60-40-42-66-64-26-22-24-28-68(64)76(19-3,20-4)70(66)50-60/h21-50H,17-20H2,1-16H3/b30-29+. The zero-order valence-corrected chi connectivity index (χ0v) is 50.0. The van der Waals surface area contributed by atoms with Crippen molar-refractivity contribution >= 4 is 46.3 Å². The van der Waals surface area contributed by atoms with Crippen LogP contribution in [0.25, 0.3) is 34.4 Å². The monoisotopic (exact) mass is 1030 g/mol. The molecule has 2 aliphatic carbocycles. The van der Waals surface area contributed by atoms with Crippen molar-refractivity contribution in [3.05, 3.63) is 225 Å². The number of benzene rings is 8. The molecule has 78 heavy (non-hydrogen) atoms. The van der Waals surface area contributed by atoms with Gasteiger partial charge in [-0.05, 0) is 198 Å². The van der Waals surface area contributed by atoms with Crippen molar-refractivity contribution in [3.8, 4) is 22.3 Å². The molecule has 2 nitrogen and oxygen atoms in total. The van der Waals surface area contributed by atoms with Crippen LogP contribution in [0, 0.1) is 0 Å². The molecular weight excluding hydrogens is 941 g/mol. The number of nitrogens with zero attached hydrogens (tertiary/aromatic N) is 2. The molecule has 0 fully saturated rings. The Bertz CT molecular complexity index is 3230. The van der Waals surface area contributed by atoms with Gasteiger partial charge < -0.3 is 9.80 Å². The van der Waals surface area contributed by atoms with Crippen LogP contribution in [0.1, 0.15) is 192 Å². The van der Waals surface area contributed by atoms with Crippen LogP contribution in [0.5, 0.6) is 0 Å². The largest absolute Gasteiger partial charge is 0.310 e. The Kier molecular flexibility index (Phi) is 14.0. The van der Waals surface area contributed by atoms with Gasteiger partial charge in [0.15, 0.2) is 0 Å². The summed E-state index contributed by atoms with van der Waals surface area (Å²) in [6.07, 6.45) is 8.74. The van der Waals surface area contributed by atoms with E-state index >= 15 is 0 Å². The van der Waals surface area contributed by atoms with E-state index in [9.17, 15) is 0 Å². The van der Waals surface area contributed by atoms with Gasteiger partial charge in [0.1, 0.15) is 0 Å². The van der Waals surface area contributed by atoms with Crippen molar-refractivity contribution in [1.82, 2.24) is 0 Å². The minimum absolute atomic E-state index is 0.0236. The van der Waals surface area contributed by atoms with Crippen LogP contribution in [0.15, 0.2) is 170 Å². The molecule has 400 valence electrons. The van der Waals surface area contributed by atoms with Crippen molar-refractivity contribution in [1.29, 1.82) is 0 Å². The maximum Gasteiger partial charge on any atom is 0.0467 e. The molecule has 0 radical (unpaired) electrons. The molecule has 0 aromatic heterocycles. The Balaban J connectivity index is 1.03. The number of fused-ring (bicyclic) bond motifs is 6. The van der Waals surface area contributed by atoms with Crippen LogP contribution in [-0.4, -0.2) is 0 Å². The van der Waals surface area contributed by atoms with E-state index in [4.69, 9.17) is 0 Å². The van der Waals surface area contributed by atoms with Crippen LogP contribution >= 0.6 is 0 Å². The molecule has 0 heterocycles. The van der Waals surface area contributed by atoms with E-state index in [-0.39, 0.29) is 32.5 Å². The first-order valence-electron chi connectivity index (χ1n) is 29.2. The first-order chi connectivity index (χ1) is 36.9. The molecule has 0 spiro atoms. The number of rotatable bonds is 12. The topological polar surface area (TPSA) is 6.48 Å². The van der Waals surface area contributed by atoms with Crippen LogP contribution in [-0.2, 0) is 32.5 Å². The SMILES string of the molecule is CCC1(CC)c2ccccc2-c2ccc(N(c3ccc(/C=C/c4ccc(N(c5cc(C(C)(C)C)cc(C(C)(C)C)c5)c5ccc6c(c5)C(CC)(CC)c5ccccc5-6)cc4)cc3)c3cc(C(C)(C)C)cc(C(C)(C)C)c3)cc21. The van der Waals surface area contributed by atoms with E-state index in [1.54, 1.807) is 0 Å². The first kappa shape index (κ1) is 54.5. The van der Waals surface area contributed by atoms with E-state index in [1.807, 2.05) is 0 Å². The number of hydrogen-bond acceptors (Lipinski definition) is 2. The van der Waals surface area contributed by atoms with Gasteiger partial charge in [0, 0.05) is 45.0 Å². The van der Waals surface area contributed by atoms with E-state index < -0.39 is 0 Å².